The number of nitrogens with zero attached hydrogens (tertiary/aromatic N) is 2. The van der Waals surface area contributed by atoms with Crippen molar-refractivity contribution in [2.45, 2.75) is 25.7 Å². The molecule has 1 aromatic heterocycles. The quantitative estimate of drug-likeness (QED) is 0.641. The van der Waals surface area contributed by atoms with E-state index in [4.69, 9.17) is 10.3 Å². The maximum Gasteiger partial charge on any atom is 0.273 e. The summed E-state index contributed by atoms with van der Waals surface area (Å²) < 4.78 is 18.1. The van der Waals surface area contributed by atoms with Crippen molar-refractivity contribution in [2.24, 2.45) is 11.7 Å². The van der Waals surface area contributed by atoms with Crippen LogP contribution in [0.1, 0.15) is 36.2 Å². The lowest BCUT2D eigenvalue weighted by Gasteiger charge is -2.14. The molecule has 0 saturated carbocycles. The molecule has 2 heterocycles. The van der Waals surface area contributed by atoms with Gasteiger partial charge in [0, 0.05) is 24.7 Å². The third kappa shape index (κ3) is 5.39. The van der Waals surface area contributed by atoms with Crippen molar-refractivity contribution in [3.63, 3.8) is 0 Å². The maximum atomic E-state index is 13.0. The number of nitrogens with two attached hydrogens (primary N) is 1. The molecule has 0 spiro atoms. The van der Waals surface area contributed by atoms with Gasteiger partial charge < -0.3 is 20.5 Å². The second-order valence-corrected chi connectivity index (χ2v) is 7.09. The molecule has 0 bridgehead atoms. The lowest BCUT2D eigenvalue weighted by Crippen LogP contribution is -2.28. The SMILES string of the molecule is NC(=O)C1CCN(CCCCCNC(=O)c2cc(-c3ccc(F)cc3)on2)C1. The number of rotatable bonds is 9. The van der Waals surface area contributed by atoms with Crippen LogP contribution in [0.3, 0.4) is 0 Å². The first-order valence-corrected chi connectivity index (χ1v) is 9.55. The largest absolute Gasteiger partial charge is 0.369 e. The van der Waals surface area contributed by atoms with Crippen LogP contribution in [0, 0.1) is 11.7 Å². The monoisotopic (exact) mass is 388 g/mol. The normalized spacial score (nSPS) is 17.0. The van der Waals surface area contributed by atoms with Gasteiger partial charge in [0.25, 0.3) is 5.91 Å². The summed E-state index contributed by atoms with van der Waals surface area (Å²) >= 11 is 0. The van der Waals surface area contributed by atoms with E-state index in [1.54, 1.807) is 18.2 Å². The van der Waals surface area contributed by atoms with Crippen LogP contribution in [0.15, 0.2) is 34.9 Å². The Morgan fingerprint density at radius 2 is 2.04 bits per heavy atom. The molecule has 1 aliphatic rings. The second-order valence-electron chi connectivity index (χ2n) is 7.09. The summed E-state index contributed by atoms with van der Waals surface area (Å²) in [4.78, 5) is 25.6. The molecule has 2 amide bonds. The smallest absolute Gasteiger partial charge is 0.273 e. The Balaban J connectivity index is 1.33. The third-order valence-electron chi connectivity index (χ3n) is 4.98. The summed E-state index contributed by atoms with van der Waals surface area (Å²) in [5.74, 6) is -0.424. The summed E-state index contributed by atoms with van der Waals surface area (Å²) in [5.41, 5.74) is 6.20. The van der Waals surface area contributed by atoms with Gasteiger partial charge in [0.2, 0.25) is 5.91 Å². The van der Waals surface area contributed by atoms with Crippen LogP contribution >= 0.6 is 0 Å². The Kier molecular flexibility index (Phi) is 6.76. The molecule has 1 atom stereocenters. The number of halogens is 1. The van der Waals surface area contributed by atoms with Gasteiger partial charge in [-0.1, -0.05) is 11.6 Å². The Morgan fingerprint density at radius 1 is 1.25 bits per heavy atom. The van der Waals surface area contributed by atoms with Crippen molar-refractivity contribution in [1.82, 2.24) is 15.4 Å². The number of hydrogen-bond donors (Lipinski definition) is 2. The maximum absolute atomic E-state index is 13.0. The first-order valence-electron chi connectivity index (χ1n) is 9.55. The fourth-order valence-electron chi connectivity index (χ4n) is 3.33. The molecule has 0 radical (unpaired) electrons. The molecule has 2 aromatic rings. The van der Waals surface area contributed by atoms with E-state index in [0.29, 0.717) is 17.9 Å². The van der Waals surface area contributed by atoms with Crippen molar-refractivity contribution in [2.75, 3.05) is 26.2 Å². The zero-order valence-corrected chi connectivity index (χ0v) is 15.7. The molecule has 7 nitrogen and oxygen atoms in total. The Bertz CT molecular complexity index is 806. The molecule has 1 aromatic carbocycles. The Hall–Kier alpha value is -2.74. The van der Waals surface area contributed by atoms with Crippen LogP contribution in [-0.2, 0) is 4.79 Å². The fraction of sp³-hybridized carbons (Fsp3) is 0.450. The molecule has 8 heteroatoms. The predicted octanol–water partition coefficient (Wildman–Crippen LogP) is 2.19. The highest BCUT2D eigenvalue weighted by Gasteiger charge is 2.25. The number of likely N-dealkylation sites (tertiary alicyclic amines) is 1. The van der Waals surface area contributed by atoms with E-state index in [9.17, 15) is 14.0 Å². The van der Waals surface area contributed by atoms with E-state index in [1.807, 2.05) is 0 Å². The number of amides is 2. The first kappa shape index (κ1) is 20.0. The number of unbranched alkanes of at least 4 members (excludes halogenated alkanes) is 2. The van der Waals surface area contributed by atoms with E-state index in [1.165, 1.54) is 12.1 Å². The molecule has 150 valence electrons. The van der Waals surface area contributed by atoms with Gasteiger partial charge in [-0.05, 0) is 56.6 Å². The van der Waals surface area contributed by atoms with Gasteiger partial charge in [0.15, 0.2) is 11.5 Å². The molecule has 1 saturated heterocycles. The average Bonchev–Trinajstić information content (AvgIpc) is 3.35. The van der Waals surface area contributed by atoms with Gasteiger partial charge in [0.1, 0.15) is 5.82 Å². The third-order valence-corrected chi connectivity index (χ3v) is 4.98. The Morgan fingerprint density at radius 3 is 2.75 bits per heavy atom. The number of carbonyl (C=O) groups is 2. The minimum atomic E-state index is -0.335. The van der Waals surface area contributed by atoms with Gasteiger partial charge in [-0.25, -0.2) is 4.39 Å². The number of hydrogen-bond acceptors (Lipinski definition) is 5. The van der Waals surface area contributed by atoms with E-state index >= 15 is 0 Å². The summed E-state index contributed by atoms with van der Waals surface area (Å²) in [6.07, 6.45) is 3.71. The lowest BCUT2D eigenvalue weighted by atomic mass is 10.1. The minimum Gasteiger partial charge on any atom is -0.369 e. The highest BCUT2D eigenvalue weighted by atomic mass is 19.1. The molecule has 1 aliphatic heterocycles. The topological polar surface area (TPSA) is 101 Å². The van der Waals surface area contributed by atoms with Crippen molar-refractivity contribution in [3.8, 4) is 11.3 Å². The van der Waals surface area contributed by atoms with Crippen LogP contribution in [0.2, 0.25) is 0 Å². The molecular formula is C20H25FN4O3. The molecule has 3 N–H and O–H groups in total. The van der Waals surface area contributed by atoms with Crippen molar-refractivity contribution in [3.05, 3.63) is 41.8 Å². The molecule has 3 rings (SSSR count). The fourth-order valence-corrected chi connectivity index (χ4v) is 3.33. The van der Waals surface area contributed by atoms with Gasteiger partial charge in [-0.2, -0.15) is 0 Å². The highest BCUT2D eigenvalue weighted by molar-refractivity contribution is 5.93. The number of benzene rings is 1. The minimum absolute atomic E-state index is 0.0125. The first-order chi connectivity index (χ1) is 13.5. The van der Waals surface area contributed by atoms with Crippen LogP contribution in [0.4, 0.5) is 4.39 Å². The molecular weight excluding hydrogens is 363 g/mol. The molecule has 0 aliphatic carbocycles. The van der Waals surface area contributed by atoms with E-state index in [0.717, 1.165) is 45.3 Å². The standard InChI is InChI=1S/C20H25FN4O3/c21-16-6-4-14(5-7-16)18-12-17(24-28-18)20(27)23-9-2-1-3-10-25-11-8-15(13-25)19(22)26/h4-7,12,15H,1-3,8-11,13H2,(H2,22,26)(H,23,27). The van der Waals surface area contributed by atoms with Gasteiger partial charge in [0.05, 0.1) is 5.92 Å². The number of aromatic nitrogens is 1. The van der Waals surface area contributed by atoms with E-state index in [-0.39, 0.29) is 29.2 Å². The van der Waals surface area contributed by atoms with E-state index < -0.39 is 0 Å². The summed E-state index contributed by atoms with van der Waals surface area (Å²) in [7, 11) is 0. The van der Waals surface area contributed by atoms with Gasteiger partial charge in [-0.15, -0.1) is 0 Å². The Labute approximate surface area is 163 Å². The number of primary amides is 1. The van der Waals surface area contributed by atoms with Crippen LogP contribution in [0.5, 0.6) is 0 Å². The van der Waals surface area contributed by atoms with Crippen molar-refractivity contribution >= 4 is 11.8 Å². The summed E-state index contributed by atoms with van der Waals surface area (Å²) in [6.45, 7) is 3.19. The average molecular weight is 388 g/mol. The summed E-state index contributed by atoms with van der Waals surface area (Å²) in [6, 6.07) is 7.35. The molecule has 1 unspecified atom stereocenters. The zero-order valence-electron chi connectivity index (χ0n) is 15.7. The lowest BCUT2D eigenvalue weighted by molar-refractivity contribution is -0.121. The number of carbonyl (C=O) groups excluding carboxylic acids is 2. The predicted molar refractivity (Wildman–Crippen MR) is 102 cm³/mol. The van der Waals surface area contributed by atoms with Crippen LogP contribution in [-0.4, -0.2) is 48.0 Å². The van der Waals surface area contributed by atoms with Crippen molar-refractivity contribution in [1.29, 1.82) is 0 Å². The second kappa shape index (κ2) is 9.45. The molecule has 1 fully saturated rings. The molecule has 28 heavy (non-hydrogen) atoms. The highest BCUT2D eigenvalue weighted by Crippen LogP contribution is 2.20. The van der Waals surface area contributed by atoms with Crippen LogP contribution < -0.4 is 11.1 Å². The van der Waals surface area contributed by atoms with Crippen molar-refractivity contribution < 1.29 is 18.5 Å². The zero-order chi connectivity index (χ0) is 19.9. The van der Waals surface area contributed by atoms with Gasteiger partial charge in [-0.3, -0.25) is 9.59 Å². The van der Waals surface area contributed by atoms with Gasteiger partial charge >= 0.3 is 0 Å². The summed E-state index contributed by atoms with van der Waals surface area (Å²) in [5, 5.41) is 6.61. The van der Waals surface area contributed by atoms with E-state index in [2.05, 4.69) is 15.4 Å². The van der Waals surface area contributed by atoms with Crippen LogP contribution in [0.25, 0.3) is 11.3 Å². The number of nitrogens with one attached hydrogen (secondary N) is 1.